The van der Waals surface area contributed by atoms with Crippen LogP contribution in [0, 0.1) is 20.8 Å². The van der Waals surface area contributed by atoms with Crippen LogP contribution in [0.25, 0.3) is 0 Å². The molecule has 3 rings (SSSR count). The van der Waals surface area contributed by atoms with E-state index in [1.807, 2.05) is 43.3 Å². The zero-order chi connectivity index (χ0) is 19.2. The molecule has 0 aliphatic carbocycles. The second-order valence-corrected chi connectivity index (χ2v) is 7.40. The number of hydrogen-bond donors (Lipinski definition) is 1. The van der Waals surface area contributed by atoms with Crippen LogP contribution in [0.2, 0.25) is 0 Å². The summed E-state index contributed by atoms with van der Waals surface area (Å²) in [4.78, 5) is 0. The van der Waals surface area contributed by atoms with Gasteiger partial charge in [0, 0.05) is 5.75 Å². The van der Waals surface area contributed by atoms with E-state index < -0.39 is 0 Å². The van der Waals surface area contributed by atoms with E-state index in [0.29, 0.717) is 17.6 Å². The lowest BCUT2D eigenvalue weighted by Crippen LogP contribution is -2.16. The van der Waals surface area contributed by atoms with E-state index in [1.165, 1.54) is 27.6 Å². The van der Waals surface area contributed by atoms with Crippen LogP contribution >= 0.6 is 11.8 Å². The van der Waals surface area contributed by atoms with Gasteiger partial charge in [0.1, 0.15) is 18.1 Å². The zero-order valence-electron chi connectivity index (χ0n) is 15.8. The van der Waals surface area contributed by atoms with Crippen LogP contribution in [0.1, 0.15) is 22.5 Å². The molecule has 2 aromatic carbocycles. The molecule has 7 heteroatoms. The van der Waals surface area contributed by atoms with Gasteiger partial charge in [0.05, 0.1) is 6.61 Å². The quantitative estimate of drug-likeness (QED) is 0.363. The molecule has 0 unspecified atom stereocenters. The molecule has 0 spiro atoms. The fourth-order valence-corrected chi connectivity index (χ4v) is 3.23. The molecule has 0 atom stereocenters. The summed E-state index contributed by atoms with van der Waals surface area (Å²) >= 11 is 1.50. The molecule has 0 aliphatic rings. The van der Waals surface area contributed by atoms with Crippen LogP contribution in [0.15, 0.2) is 47.6 Å². The molecule has 1 heterocycles. The Morgan fingerprint density at radius 2 is 1.70 bits per heavy atom. The Morgan fingerprint density at radius 1 is 0.963 bits per heavy atom. The highest BCUT2D eigenvalue weighted by molar-refractivity contribution is 7.99. The number of aryl methyl sites for hydroxylation is 3. The molecule has 3 aromatic rings. The Morgan fingerprint density at radius 3 is 2.44 bits per heavy atom. The van der Waals surface area contributed by atoms with Crippen LogP contribution < -0.4 is 15.3 Å². The van der Waals surface area contributed by atoms with Crippen LogP contribution in [0.4, 0.5) is 0 Å². The number of nitrogens with zero attached hydrogens (tertiary/aromatic N) is 3. The van der Waals surface area contributed by atoms with Crippen LogP contribution in [0.5, 0.6) is 11.5 Å². The van der Waals surface area contributed by atoms with Gasteiger partial charge in [0.25, 0.3) is 0 Å². The van der Waals surface area contributed by atoms with Gasteiger partial charge in [0.15, 0.2) is 5.82 Å². The first-order chi connectivity index (χ1) is 13.0. The molecule has 0 saturated carbocycles. The molecule has 0 amide bonds. The van der Waals surface area contributed by atoms with Crippen LogP contribution in [-0.4, -0.2) is 27.2 Å². The normalized spacial score (nSPS) is 10.8. The predicted molar refractivity (Wildman–Crippen MR) is 108 cm³/mol. The highest BCUT2D eigenvalue weighted by Gasteiger charge is 2.11. The second-order valence-electron chi connectivity index (χ2n) is 6.34. The minimum absolute atomic E-state index is 0.272. The molecule has 0 fully saturated rings. The largest absolute Gasteiger partial charge is 0.493 e. The average Bonchev–Trinajstić information content (AvgIpc) is 2.99. The maximum Gasteiger partial charge on any atom is 0.210 e. The highest BCUT2D eigenvalue weighted by atomic mass is 32.2. The van der Waals surface area contributed by atoms with Crippen molar-refractivity contribution in [1.82, 2.24) is 14.9 Å². The minimum Gasteiger partial charge on any atom is -0.493 e. The highest BCUT2D eigenvalue weighted by Crippen LogP contribution is 2.21. The van der Waals surface area contributed by atoms with Crippen molar-refractivity contribution in [3.63, 3.8) is 0 Å². The smallest absolute Gasteiger partial charge is 0.210 e. The predicted octanol–water partition coefficient (Wildman–Crippen LogP) is 3.67. The summed E-state index contributed by atoms with van der Waals surface area (Å²) in [5.41, 5.74) is 3.50. The molecule has 6 nitrogen and oxygen atoms in total. The van der Waals surface area contributed by atoms with Crippen molar-refractivity contribution in [1.29, 1.82) is 0 Å². The standard InChI is InChI=1S/C20H24N4O2S/c1-14-4-7-17(8-5-14)25-10-11-27-20-23-22-19(24(20)21)13-26-18-9-6-15(2)12-16(18)3/h4-9,12H,10-11,13,21H2,1-3H3. The molecule has 0 radical (unpaired) electrons. The van der Waals surface area contributed by atoms with Crippen LogP contribution in [-0.2, 0) is 6.61 Å². The van der Waals surface area contributed by atoms with E-state index in [2.05, 4.69) is 30.1 Å². The van der Waals surface area contributed by atoms with Crippen molar-refractivity contribution in [2.24, 2.45) is 0 Å². The first-order valence-corrected chi connectivity index (χ1v) is 9.73. The molecule has 1 aromatic heterocycles. The Labute approximate surface area is 163 Å². The number of nitrogens with two attached hydrogens (primary N) is 1. The van der Waals surface area contributed by atoms with Gasteiger partial charge >= 0.3 is 0 Å². The van der Waals surface area contributed by atoms with Crippen LogP contribution in [0.3, 0.4) is 0 Å². The molecule has 0 aliphatic heterocycles. The van der Waals surface area contributed by atoms with Crippen molar-refractivity contribution in [3.05, 3.63) is 65.0 Å². The number of aromatic nitrogens is 3. The summed E-state index contributed by atoms with van der Waals surface area (Å²) in [6.45, 7) is 6.96. The molecule has 142 valence electrons. The fourth-order valence-electron chi connectivity index (χ4n) is 2.53. The molecule has 0 saturated heterocycles. The van der Waals surface area contributed by atoms with E-state index in [0.717, 1.165) is 22.8 Å². The van der Waals surface area contributed by atoms with E-state index in [-0.39, 0.29) is 6.61 Å². The van der Waals surface area contributed by atoms with E-state index in [9.17, 15) is 0 Å². The summed E-state index contributed by atoms with van der Waals surface area (Å²) in [5, 5.41) is 8.90. The monoisotopic (exact) mass is 384 g/mol. The maximum atomic E-state index is 6.09. The molecule has 0 bridgehead atoms. The van der Waals surface area contributed by atoms with E-state index >= 15 is 0 Å². The second kappa shape index (κ2) is 8.81. The summed E-state index contributed by atoms with van der Waals surface area (Å²) in [5.74, 6) is 9.08. The summed E-state index contributed by atoms with van der Waals surface area (Å²) < 4.78 is 13.0. The number of benzene rings is 2. The number of nitrogen functional groups attached to an aromatic ring is 1. The summed E-state index contributed by atoms with van der Waals surface area (Å²) in [7, 11) is 0. The minimum atomic E-state index is 0.272. The Bertz CT molecular complexity index is 893. The van der Waals surface area contributed by atoms with E-state index in [4.69, 9.17) is 15.3 Å². The number of thioether (sulfide) groups is 1. The molecular weight excluding hydrogens is 360 g/mol. The third kappa shape index (κ3) is 5.17. The third-order valence-corrected chi connectivity index (χ3v) is 4.93. The first-order valence-electron chi connectivity index (χ1n) is 8.74. The van der Waals surface area contributed by atoms with Crippen molar-refractivity contribution >= 4 is 11.8 Å². The van der Waals surface area contributed by atoms with Crippen molar-refractivity contribution in [3.8, 4) is 11.5 Å². The van der Waals surface area contributed by atoms with Crippen molar-refractivity contribution < 1.29 is 9.47 Å². The van der Waals surface area contributed by atoms with Crippen molar-refractivity contribution in [2.45, 2.75) is 32.5 Å². The Kier molecular flexibility index (Phi) is 6.24. The van der Waals surface area contributed by atoms with E-state index in [1.54, 1.807) is 0 Å². The number of ether oxygens (including phenoxy) is 2. The first kappa shape index (κ1) is 19.1. The van der Waals surface area contributed by atoms with Crippen molar-refractivity contribution in [2.75, 3.05) is 18.2 Å². The zero-order valence-corrected chi connectivity index (χ0v) is 16.6. The van der Waals surface area contributed by atoms with Gasteiger partial charge < -0.3 is 15.3 Å². The topological polar surface area (TPSA) is 75.2 Å². The maximum absolute atomic E-state index is 6.09. The van der Waals surface area contributed by atoms with Gasteiger partial charge in [-0.05, 0) is 44.5 Å². The SMILES string of the molecule is Cc1ccc(OCCSc2nnc(COc3ccc(C)cc3C)n2N)cc1. The lowest BCUT2D eigenvalue weighted by molar-refractivity contribution is 0.289. The lowest BCUT2D eigenvalue weighted by atomic mass is 10.1. The number of rotatable bonds is 8. The van der Waals surface area contributed by atoms with Gasteiger partial charge in [0.2, 0.25) is 5.16 Å². The Hall–Kier alpha value is -2.67. The van der Waals surface area contributed by atoms with Gasteiger partial charge in [-0.15, -0.1) is 10.2 Å². The van der Waals surface area contributed by atoms with Gasteiger partial charge in [-0.25, -0.2) is 4.68 Å². The molecule has 27 heavy (non-hydrogen) atoms. The van der Waals surface area contributed by atoms with Gasteiger partial charge in [-0.1, -0.05) is 47.2 Å². The average molecular weight is 385 g/mol. The molecular formula is C20H24N4O2S. The third-order valence-electron chi connectivity index (χ3n) is 4.03. The Balaban J connectivity index is 1.48. The summed E-state index contributed by atoms with van der Waals surface area (Å²) in [6, 6.07) is 14.0. The fraction of sp³-hybridized carbons (Fsp3) is 0.300. The summed E-state index contributed by atoms with van der Waals surface area (Å²) in [6.07, 6.45) is 0. The lowest BCUT2D eigenvalue weighted by Gasteiger charge is -2.09. The van der Waals surface area contributed by atoms with Gasteiger partial charge in [-0.2, -0.15) is 0 Å². The molecule has 2 N–H and O–H groups in total. The van der Waals surface area contributed by atoms with Gasteiger partial charge in [-0.3, -0.25) is 0 Å². The number of hydrogen-bond acceptors (Lipinski definition) is 6.